The molecule has 0 saturated carbocycles. The zero-order chi connectivity index (χ0) is 16.7. The Kier molecular flexibility index (Phi) is 5.86. The summed E-state index contributed by atoms with van der Waals surface area (Å²) in [7, 11) is 3.21. The van der Waals surface area contributed by atoms with E-state index in [0.29, 0.717) is 18.7 Å². The van der Waals surface area contributed by atoms with Crippen LogP contribution in [-0.4, -0.2) is 26.7 Å². The summed E-state index contributed by atoms with van der Waals surface area (Å²) in [5.41, 5.74) is 2.72. The zero-order valence-electron chi connectivity index (χ0n) is 13.7. The van der Waals surface area contributed by atoms with Crippen molar-refractivity contribution < 1.29 is 14.3 Å². The number of hydrogen-bond donors (Lipinski definition) is 2. The fourth-order valence-corrected chi connectivity index (χ4v) is 2.18. The molecule has 2 N–H and O–H groups in total. The van der Waals surface area contributed by atoms with Crippen molar-refractivity contribution in [2.45, 2.75) is 13.3 Å². The van der Waals surface area contributed by atoms with Crippen LogP contribution < -0.4 is 20.1 Å². The lowest BCUT2D eigenvalue weighted by molar-refractivity contribution is -0.115. The van der Waals surface area contributed by atoms with Crippen molar-refractivity contribution in [1.29, 1.82) is 0 Å². The Morgan fingerprint density at radius 2 is 1.83 bits per heavy atom. The van der Waals surface area contributed by atoms with Crippen molar-refractivity contribution in [3.05, 3.63) is 48.0 Å². The van der Waals surface area contributed by atoms with Crippen molar-refractivity contribution in [3.63, 3.8) is 0 Å². The number of carbonyl (C=O) groups excluding carboxylic acids is 1. The van der Waals surface area contributed by atoms with E-state index in [1.54, 1.807) is 20.3 Å². The number of rotatable bonds is 7. The van der Waals surface area contributed by atoms with Gasteiger partial charge in [0.1, 0.15) is 11.5 Å². The standard InChI is InChI=1S/C18H22N2O3/c1-13-6-4-5-7-15(13)20-18(21)10-11-19-16-9-8-14(22-2)12-17(16)23-3/h4-9,12,19H,10-11H2,1-3H3,(H,20,21). The number of anilines is 2. The van der Waals surface area contributed by atoms with E-state index < -0.39 is 0 Å². The SMILES string of the molecule is COc1ccc(NCCC(=O)Nc2ccccc2C)c(OC)c1. The molecule has 0 aliphatic rings. The van der Waals surface area contributed by atoms with Crippen LogP contribution in [-0.2, 0) is 4.79 Å². The third-order valence-corrected chi connectivity index (χ3v) is 3.50. The highest BCUT2D eigenvalue weighted by molar-refractivity contribution is 5.91. The van der Waals surface area contributed by atoms with Gasteiger partial charge in [0.15, 0.2) is 0 Å². The van der Waals surface area contributed by atoms with E-state index in [9.17, 15) is 4.79 Å². The van der Waals surface area contributed by atoms with Gasteiger partial charge in [-0.05, 0) is 30.7 Å². The van der Waals surface area contributed by atoms with E-state index in [0.717, 1.165) is 22.7 Å². The minimum atomic E-state index is -0.0284. The van der Waals surface area contributed by atoms with Gasteiger partial charge in [-0.25, -0.2) is 0 Å². The summed E-state index contributed by atoms with van der Waals surface area (Å²) >= 11 is 0. The van der Waals surface area contributed by atoms with Crippen molar-refractivity contribution in [2.24, 2.45) is 0 Å². The third-order valence-electron chi connectivity index (χ3n) is 3.50. The maximum Gasteiger partial charge on any atom is 0.226 e. The third kappa shape index (κ3) is 4.64. The first kappa shape index (κ1) is 16.7. The van der Waals surface area contributed by atoms with Crippen LogP contribution in [0.4, 0.5) is 11.4 Å². The Labute approximate surface area is 136 Å². The summed E-state index contributed by atoms with van der Waals surface area (Å²) in [6.45, 7) is 2.48. The minimum Gasteiger partial charge on any atom is -0.497 e. The maximum absolute atomic E-state index is 12.0. The van der Waals surface area contributed by atoms with E-state index in [2.05, 4.69) is 10.6 Å². The van der Waals surface area contributed by atoms with E-state index in [-0.39, 0.29) is 5.91 Å². The Balaban J connectivity index is 1.87. The highest BCUT2D eigenvalue weighted by Crippen LogP contribution is 2.28. The van der Waals surface area contributed by atoms with Crippen molar-refractivity contribution in [3.8, 4) is 11.5 Å². The van der Waals surface area contributed by atoms with E-state index in [4.69, 9.17) is 9.47 Å². The molecule has 0 bridgehead atoms. The monoisotopic (exact) mass is 314 g/mol. The molecule has 0 spiro atoms. The van der Waals surface area contributed by atoms with Gasteiger partial charge in [0.25, 0.3) is 0 Å². The molecule has 2 aromatic rings. The van der Waals surface area contributed by atoms with Gasteiger partial charge in [0.05, 0.1) is 19.9 Å². The first-order chi connectivity index (χ1) is 11.1. The number of methoxy groups -OCH3 is 2. The van der Waals surface area contributed by atoms with Crippen molar-refractivity contribution >= 4 is 17.3 Å². The summed E-state index contributed by atoms with van der Waals surface area (Å²) in [4.78, 5) is 12.0. The van der Waals surface area contributed by atoms with E-state index in [1.165, 1.54) is 0 Å². The molecule has 0 aromatic heterocycles. The lowest BCUT2D eigenvalue weighted by atomic mass is 10.2. The Morgan fingerprint density at radius 3 is 2.52 bits per heavy atom. The number of nitrogens with one attached hydrogen (secondary N) is 2. The largest absolute Gasteiger partial charge is 0.497 e. The highest BCUT2D eigenvalue weighted by Gasteiger charge is 2.07. The summed E-state index contributed by atoms with van der Waals surface area (Å²) < 4.78 is 10.5. The fraction of sp³-hybridized carbons (Fsp3) is 0.278. The second-order valence-corrected chi connectivity index (χ2v) is 5.11. The number of para-hydroxylation sites is 1. The molecule has 0 saturated heterocycles. The van der Waals surface area contributed by atoms with Crippen LogP contribution in [0.15, 0.2) is 42.5 Å². The molecule has 122 valence electrons. The summed E-state index contributed by atoms with van der Waals surface area (Å²) in [5.74, 6) is 1.38. The quantitative estimate of drug-likeness (QED) is 0.822. The van der Waals surface area contributed by atoms with Gasteiger partial charge in [0.2, 0.25) is 5.91 Å². The number of aryl methyl sites for hydroxylation is 1. The van der Waals surface area contributed by atoms with Crippen LogP contribution in [0.25, 0.3) is 0 Å². The van der Waals surface area contributed by atoms with E-state index >= 15 is 0 Å². The normalized spacial score (nSPS) is 10.0. The number of amides is 1. The first-order valence-electron chi connectivity index (χ1n) is 7.45. The molecule has 2 rings (SSSR count). The minimum absolute atomic E-state index is 0.0284. The second-order valence-electron chi connectivity index (χ2n) is 5.11. The molecule has 5 nitrogen and oxygen atoms in total. The zero-order valence-corrected chi connectivity index (χ0v) is 13.7. The van der Waals surface area contributed by atoms with Crippen molar-refractivity contribution in [2.75, 3.05) is 31.4 Å². The van der Waals surface area contributed by atoms with Crippen LogP contribution in [0.3, 0.4) is 0 Å². The van der Waals surface area contributed by atoms with Gasteiger partial charge >= 0.3 is 0 Å². The lowest BCUT2D eigenvalue weighted by Crippen LogP contribution is -2.17. The lowest BCUT2D eigenvalue weighted by Gasteiger charge is -2.13. The van der Waals surface area contributed by atoms with Gasteiger partial charge < -0.3 is 20.1 Å². The van der Waals surface area contributed by atoms with Crippen LogP contribution >= 0.6 is 0 Å². The average Bonchev–Trinajstić information content (AvgIpc) is 2.57. The molecule has 0 aliphatic carbocycles. The molecule has 0 fully saturated rings. The predicted octanol–water partition coefficient (Wildman–Crippen LogP) is 3.45. The first-order valence-corrected chi connectivity index (χ1v) is 7.45. The van der Waals surface area contributed by atoms with Crippen LogP contribution in [0, 0.1) is 6.92 Å². The van der Waals surface area contributed by atoms with Crippen LogP contribution in [0.1, 0.15) is 12.0 Å². The Hall–Kier alpha value is -2.69. The topological polar surface area (TPSA) is 59.6 Å². The van der Waals surface area contributed by atoms with Crippen LogP contribution in [0.5, 0.6) is 11.5 Å². The van der Waals surface area contributed by atoms with Crippen LogP contribution in [0.2, 0.25) is 0 Å². The number of carbonyl (C=O) groups is 1. The second kappa shape index (κ2) is 8.08. The summed E-state index contributed by atoms with van der Waals surface area (Å²) in [5, 5.41) is 6.12. The summed E-state index contributed by atoms with van der Waals surface area (Å²) in [6.07, 6.45) is 0.365. The molecule has 0 heterocycles. The van der Waals surface area contributed by atoms with Gasteiger partial charge in [-0.1, -0.05) is 18.2 Å². The summed E-state index contributed by atoms with van der Waals surface area (Å²) in [6, 6.07) is 13.2. The fourth-order valence-electron chi connectivity index (χ4n) is 2.18. The molecular formula is C18H22N2O3. The van der Waals surface area contributed by atoms with Crippen molar-refractivity contribution in [1.82, 2.24) is 0 Å². The highest BCUT2D eigenvalue weighted by atomic mass is 16.5. The Morgan fingerprint density at radius 1 is 1.04 bits per heavy atom. The molecule has 5 heteroatoms. The molecule has 0 radical (unpaired) electrons. The maximum atomic E-state index is 12.0. The average molecular weight is 314 g/mol. The molecule has 0 atom stereocenters. The van der Waals surface area contributed by atoms with Gasteiger partial charge in [-0.15, -0.1) is 0 Å². The molecular weight excluding hydrogens is 292 g/mol. The Bertz CT molecular complexity index is 671. The molecule has 0 unspecified atom stereocenters. The molecule has 1 amide bonds. The van der Waals surface area contributed by atoms with E-state index in [1.807, 2.05) is 43.3 Å². The molecule has 23 heavy (non-hydrogen) atoms. The predicted molar refractivity (Wildman–Crippen MR) is 92.5 cm³/mol. The van der Waals surface area contributed by atoms with Gasteiger partial charge in [-0.3, -0.25) is 4.79 Å². The molecule has 2 aromatic carbocycles. The number of benzene rings is 2. The smallest absolute Gasteiger partial charge is 0.226 e. The molecule has 0 aliphatic heterocycles. The van der Waals surface area contributed by atoms with Gasteiger partial charge in [0, 0.05) is 24.7 Å². The number of hydrogen-bond acceptors (Lipinski definition) is 4. The van der Waals surface area contributed by atoms with Gasteiger partial charge in [-0.2, -0.15) is 0 Å². The number of ether oxygens (including phenoxy) is 2.